The van der Waals surface area contributed by atoms with Crippen LogP contribution in [0.4, 0.5) is 14.9 Å². The third-order valence-corrected chi connectivity index (χ3v) is 5.19. The van der Waals surface area contributed by atoms with Crippen molar-refractivity contribution >= 4 is 17.6 Å². The molecule has 1 saturated heterocycles. The van der Waals surface area contributed by atoms with E-state index in [9.17, 15) is 14.0 Å². The predicted octanol–water partition coefficient (Wildman–Crippen LogP) is 3.78. The van der Waals surface area contributed by atoms with Crippen molar-refractivity contribution in [3.8, 4) is 5.75 Å². The number of halogens is 1. The molecular weight excluding hydrogens is 373 g/mol. The van der Waals surface area contributed by atoms with Crippen LogP contribution in [-0.2, 0) is 11.3 Å². The van der Waals surface area contributed by atoms with Gasteiger partial charge >= 0.3 is 6.03 Å². The molecule has 1 aliphatic rings. The van der Waals surface area contributed by atoms with Crippen LogP contribution in [0.25, 0.3) is 0 Å². The molecule has 1 aliphatic heterocycles. The number of anilines is 1. The maximum Gasteiger partial charge on any atom is 0.321 e. The smallest absolute Gasteiger partial charge is 0.321 e. The number of methoxy groups -OCH3 is 1. The van der Waals surface area contributed by atoms with Gasteiger partial charge in [-0.1, -0.05) is 18.2 Å². The van der Waals surface area contributed by atoms with E-state index in [1.165, 1.54) is 18.2 Å². The molecule has 6 nitrogen and oxygen atoms in total. The van der Waals surface area contributed by atoms with Crippen LogP contribution < -0.4 is 15.4 Å². The summed E-state index contributed by atoms with van der Waals surface area (Å²) in [6.45, 7) is 3.12. The number of benzene rings is 2. The Hall–Kier alpha value is -3.09. The van der Waals surface area contributed by atoms with Gasteiger partial charge in [-0.05, 0) is 55.7 Å². The van der Waals surface area contributed by atoms with E-state index in [0.717, 1.165) is 17.7 Å². The number of hydrogen-bond donors (Lipinski definition) is 2. The number of nitrogens with one attached hydrogen (secondary N) is 2. The Morgan fingerprint density at radius 2 is 2.00 bits per heavy atom. The first-order valence-electron chi connectivity index (χ1n) is 9.62. The monoisotopic (exact) mass is 399 g/mol. The molecule has 7 heteroatoms. The molecule has 0 saturated carbocycles. The SMILES string of the molecule is COc1cccc(CNC(=O)[C@@]2(C)CCCN(C(=O)Nc3cccc(F)c3)C2)c1. The summed E-state index contributed by atoms with van der Waals surface area (Å²) in [5.41, 5.74) is 0.652. The predicted molar refractivity (Wildman–Crippen MR) is 109 cm³/mol. The van der Waals surface area contributed by atoms with Gasteiger partial charge in [-0.2, -0.15) is 0 Å². The topological polar surface area (TPSA) is 70.7 Å². The van der Waals surface area contributed by atoms with Gasteiger partial charge in [0, 0.05) is 25.3 Å². The van der Waals surface area contributed by atoms with Crippen LogP contribution in [0.5, 0.6) is 5.75 Å². The van der Waals surface area contributed by atoms with E-state index in [1.54, 1.807) is 18.1 Å². The van der Waals surface area contributed by atoms with Gasteiger partial charge < -0.3 is 20.3 Å². The summed E-state index contributed by atoms with van der Waals surface area (Å²) >= 11 is 0. The van der Waals surface area contributed by atoms with Crippen molar-refractivity contribution in [3.63, 3.8) is 0 Å². The molecule has 1 atom stereocenters. The van der Waals surface area contributed by atoms with Crippen molar-refractivity contribution in [3.05, 3.63) is 59.9 Å². The molecular formula is C22H26FN3O3. The van der Waals surface area contributed by atoms with Crippen molar-refractivity contribution in [2.45, 2.75) is 26.3 Å². The Morgan fingerprint density at radius 1 is 1.21 bits per heavy atom. The number of carbonyl (C=O) groups excluding carboxylic acids is 2. The number of amides is 3. The zero-order chi connectivity index (χ0) is 20.9. The van der Waals surface area contributed by atoms with Crippen LogP contribution in [0, 0.1) is 11.2 Å². The molecule has 0 spiro atoms. The highest BCUT2D eigenvalue weighted by Crippen LogP contribution is 2.30. The van der Waals surface area contributed by atoms with Gasteiger partial charge in [-0.25, -0.2) is 9.18 Å². The number of carbonyl (C=O) groups is 2. The number of likely N-dealkylation sites (tertiary alicyclic amines) is 1. The van der Waals surface area contributed by atoms with Crippen molar-refractivity contribution < 1.29 is 18.7 Å². The quantitative estimate of drug-likeness (QED) is 0.804. The van der Waals surface area contributed by atoms with Gasteiger partial charge in [0.25, 0.3) is 0 Å². The minimum absolute atomic E-state index is 0.0939. The van der Waals surface area contributed by atoms with Crippen molar-refractivity contribution in [2.24, 2.45) is 5.41 Å². The van der Waals surface area contributed by atoms with E-state index in [1.807, 2.05) is 31.2 Å². The molecule has 2 aromatic carbocycles. The second-order valence-corrected chi connectivity index (χ2v) is 7.56. The van der Waals surface area contributed by atoms with E-state index < -0.39 is 11.2 Å². The maximum atomic E-state index is 13.3. The van der Waals surface area contributed by atoms with Crippen LogP contribution >= 0.6 is 0 Å². The summed E-state index contributed by atoms with van der Waals surface area (Å²) in [6, 6.07) is 12.9. The fourth-order valence-corrected chi connectivity index (χ4v) is 3.55. The highest BCUT2D eigenvalue weighted by atomic mass is 19.1. The summed E-state index contributed by atoms with van der Waals surface area (Å²) in [5, 5.41) is 5.68. The average molecular weight is 399 g/mol. The van der Waals surface area contributed by atoms with E-state index in [2.05, 4.69) is 10.6 Å². The molecule has 0 aromatic heterocycles. The second-order valence-electron chi connectivity index (χ2n) is 7.56. The molecule has 1 fully saturated rings. The Morgan fingerprint density at radius 3 is 2.76 bits per heavy atom. The van der Waals surface area contributed by atoms with Crippen LogP contribution in [0.3, 0.4) is 0 Å². The van der Waals surface area contributed by atoms with Crippen LogP contribution in [0.2, 0.25) is 0 Å². The summed E-state index contributed by atoms with van der Waals surface area (Å²) < 4.78 is 18.5. The number of piperidine rings is 1. The summed E-state index contributed by atoms with van der Waals surface area (Å²) in [4.78, 5) is 27.1. The first kappa shape index (κ1) is 20.6. The summed E-state index contributed by atoms with van der Waals surface area (Å²) in [7, 11) is 1.60. The first-order valence-corrected chi connectivity index (χ1v) is 9.62. The fourth-order valence-electron chi connectivity index (χ4n) is 3.55. The molecule has 3 rings (SSSR count). The van der Waals surface area contributed by atoms with Gasteiger partial charge in [0.05, 0.1) is 12.5 Å². The minimum Gasteiger partial charge on any atom is -0.497 e. The molecule has 154 valence electrons. The largest absolute Gasteiger partial charge is 0.497 e. The molecule has 0 bridgehead atoms. The van der Waals surface area contributed by atoms with Crippen molar-refractivity contribution in [1.29, 1.82) is 0 Å². The lowest BCUT2D eigenvalue weighted by Gasteiger charge is -2.39. The number of rotatable bonds is 5. The van der Waals surface area contributed by atoms with Crippen LogP contribution in [-0.4, -0.2) is 37.0 Å². The molecule has 0 radical (unpaired) electrons. The third kappa shape index (κ3) is 5.25. The Balaban J connectivity index is 1.59. The standard InChI is InChI=1S/C22H26FN3O3/c1-22(20(27)24-14-16-6-3-9-19(12-16)29-2)10-5-11-26(15-22)21(28)25-18-8-4-7-17(23)13-18/h3-4,6-9,12-13H,5,10-11,14-15H2,1-2H3,(H,24,27)(H,25,28)/t22-/m0/s1. The molecule has 0 aliphatic carbocycles. The molecule has 3 amide bonds. The van der Waals surface area contributed by atoms with E-state index in [-0.39, 0.29) is 11.9 Å². The van der Waals surface area contributed by atoms with Gasteiger partial charge in [0.15, 0.2) is 0 Å². The van der Waals surface area contributed by atoms with Crippen LogP contribution in [0.1, 0.15) is 25.3 Å². The van der Waals surface area contributed by atoms with Crippen LogP contribution in [0.15, 0.2) is 48.5 Å². The molecule has 2 aromatic rings. The fraction of sp³-hybridized carbons (Fsp3) is 0.364. The average Bonchev–Trinajstić information content (AvgIpc) is 2.72. The maximum absolute atomic E-state index is 13.3. The van der Waals surface area contributed by atoms with Gasteiger partial charge in [0.2, 0.25) is 5.91 Å². The highest BCUT2D eigenvalue weighted by Gasteiger charge is 2.39. The lowest BCUT2D eigenvalue weighted by molar-refractivity contribution is -0.132. The first-order chi connectivity index (χ1) is 13.9. The number of ether oxygens (including phenoxy) is 1. The zero-order valence-electron chi connectivity index (χ0n) is 16.7. The van der Waals surface area contributed by atoms with E-state index >= 15 is 0 Å². The number of urea groups is 1. The zero-order valence-corrected chi connectivity index (χ0v) is 16.7. The van der Waals surface area contributed by atoms with E-state index in [4.69, 9.17) is 4.74 Å². The summed E-state index contributed by atoms with van der Waals surface area (Å²) in [6.07, 6.45) is 1.42. The summed E-state index contributed by atoms with van der Waals surface area (Å²) in [5.74, 6) is 0.229. The molecule has 29 heavy (non-hydrogen) atoms. The Kier molecular flexibility index (Phi) is 6.36. The number of nitrogens with zero attached hydrogens (tertiary/aromatic N) is 1. The lowest BCUT2D eigenvalue weighted by atomic mass is 9.81. The van der Waals surface area contributed by atoms with Gasteiger partial charge in [-0.3, -0.25) is 4.79 Å². The third-order valence-electron chi connectivity index (χ3n) is 5.19. The Bertz CT molecular complexity index is 889. The van der Waals surface area contributed by atoms with Crippen molar-refractivity contribution in [2.75, 3.05) is 25.5 Å². The lowest BCUT2D eigenvalue weighted by Crippen LogP contribution is -2.52. The van der Waals surface area contributed by atoms with Gasteiger partial charge in [-0.15, -0.1) is 0 Å². The normalized spacial score (nSPS) is 18.8. The Labute approximate surface area is 170 Å². The molecule has 0 unspecified atom stereocenters. The second kappa shape index (κ2) is 8.94. The minimum atomic E-state index is -0.684. The van der Waals surface area contributed by atoms with Gasteiger partial charge in [0.1, 0.15) is 11.6 Å². The van der Waals surface area contributed by atoms with Crippen molar-refractivity contribution in [1.82, 2.24) is 10.2 Å². The molecule has 1 heterocycles. The highest BCUT2D eigenvalue weighted by molar-refractivity contribution is 5.90. The number of hydrogen-bond acceptors (Lipinski definition) is 3. The molecule has 2 N–H and O–H groups in total. The van der Waals surface area contributed by atoms with E-state index in [0.29, 0.717) is 31.7 Å².